The van der Waals surface area contributed by atoms with E-state index in [0.717, 1.165) is 6.42 Å². The van der Waals surface area contributed by atoms with E-state index in [1.54, 1.807) is 18.0 Å². The van der Waals surface area contributed by atoms with Gasteiger partial charge in [-0.15, -0.1) is 6.58 Å². The van der Waals surface area contributed by atoms with Crippen molar-refractivity contribution in [2.24, 2.45) is 0 Å². The largest absolute Gasteiger partial charge is 0.311 e. The van der Waals surface area contributed by atoms with Crippen molar-refractivity contribution in [3.05, 3.63) is 12.7 Å². The Morgan fingerprint density at radius 1 is 1.50 bits per heavy atom. The molecule has 0 rings (SSSR count). The summed E-state index contributed by atoms with van der Waals surface area (Å²) in [5.41, 5.74) is 0. The lowest BCUT2D eigenvalue weighted by molar-refractivity contribution is -0.0240. The van der Waals surface area contributed by atoms with Gasteiger partial charge in [-0.2, -0.15) is 0 Å². The molecule has 0 spiro atoms. The number of hydrogen-bond donors (Lipinski definition) is 1. The third-order valence-electron chi connectivity index (χ3n) is 1.85. The fraction of sp³-hybridized carbons (Fsp3) is 0.800. The van der Waals surface area contributed by atoms with Crippen LogP contribution in [0.1, 0.15) is 13.3 Å². The highest BCUT2D eigenvalue weighted by Gasteiger charge is 2.29. The van der Waals surface area contributed by atoms with Gasteiger partial charge in [0.2, 0.25) is 0 Å². The van der Waals surface area contributed by atoms with Crippen LogP contribution in [0.25, 0.3) is 0 Å². The molecule has 1 N–H and O–H groups in total. The molecule has 0 aromatic heterocycles. The summed E-state index contributed by atoms with van der Waals surface area (Å²) in [7, 11) is 1.70. The Morgan fingerprint density at radius 2 is 2.14 bits per heavy atom. The molecule has 0 amide bonds. The molecule has 84 valence electrons. The van der Waals surface area contributed by atoms with Gasteiger partial charge in [0.05, 0.1) is 13.1 Å². The average molecular weight is 206 g/mol. The zero-order chi connectivity index (χ0) is 11.0. The van der Waals surface area contributed by atoms with Crippen LogP contribution in [0, 0.1) is 0 Å². The molecule has 14 heavy (non-hydrogen) atoms. The molecule has 0 fully saturated rings. The highest BCUT2D eigenvalue weighted by Crippen LogP contribution is 2.13. The summed E-state index contributed by atoms with van der Waals surface area (Å²) in [6.45, 7) is 6.13. The fourth-order valence-corrected chi connectivity index (χ4v) is 1.15. The highest BCUT2D eigenvalue weighted by molar-refractivity contribution is 4.75. The Bertz CT molecular complexity index is 160. The summed E-state index contributed by atoms with van der Waals surface area (Å²) >= 11 is 0. The molecule has 0 radical (unpaired) electrons. The lowest BCUT2D eigenvalue weighted by atomic mass is 10.3. The van der Waals surface area contributed by atoms with Crippen molar-refractivity contribution in [2.45, 2.75) is 19.3 Å². The Hall–Kier alpha value is -0.480. The average Bonchev–Trinajstić information content (AvgIpc) is 2.11. The van der Waals surface area contributed by atoms with E-state index in [9.17, 15) is 8.78 Å². The highest BCUT2D eigenvalue weighted by atomic mass is 19.3. The maximum atomic E-state index is 13.2. The van der Waals surface area contributed by atoms with Crippen molar-refractivity contribution in [2.75, 3.05) is 33.2 Å². The number of nitrogens with zero attached hydrogens (tertiary/aromatic N) is 1. The van der Waals surface area contributed by atoms with E-state index in [0.29, 0.717) is 13.1 Å². The van der Waals surface area contributed by atoms with Crippen molar-refractivity contribution in [3.63, 3.8) is 0 Å². The van der Waals surface area contributed by atoms with E-state index >= 15 is 0 Å². The molecule has 0 unspecified atom stereocenters. The van der Waals surface area contributed by atoms with E-state index in [2.05, 4.69) is 11.9 Å². The lowest BCUT2D eigenvalue weighted by Crippen LogP contribution is -2.42. The van der Waals surface area contributed by atoms with E-state index in [4.69, 9.17) is 0 Å². The molecule has 2 nitrogen and oxygen atoms in total. The van der Waals surface area contributed by atoms with Gasteiger partial charge in [-0.25, -0.2) is 8.78 Å². The monoisotopic (exact) mass is 206 g/mol. The first-order chi connectivity index (χ1) is 6.52. The predicted molar refractivity (Wildman–Crippen MR) is 55.8 cm³/mol. The Labute approximate surface area is 85.0 Å². The van der Waals surface area contributed by atoms with Gasteiger partial charge in [-0.05, 0) is 20.0 Å². The molecule has 0 aromatic carbocycles. The number of alkyl halides is 2. The van der Waals surface area contributed by atoms with Crippen molar-refractivity contribution in [1.82, 2.24) is 10.2 Å². The minimum atomic E-state index is -2.65. The van der Waals surface area contributed by atoms with Gasteiger partial charge in [0.15, 0.2) is 0 Å². The zero-order valence-corrected chi connectivity index (χ0v) is 9.02. The second-order valence-electron chi connectivity index (χ2n) is 3.45. The third kappa shape index (κ3) is 6.97. The topological polar surface area (TPSA) is 15.3 Å². The summed E-state index contributed by atoms with van der Waals surface area (Å²) in [4.78, 5) is 1.62. The van der Waals surface area contributed by atoms with Crippen LogP contribution < -0.4 is 5.32 Å². The Balaban J connectivity index is 3.75. The van der Waals surface area contributed by atoms with Gasteiger partial charge in [0.25, 0.3) is 5.92 Å². The molecule has 0 saturated carbocycles. The summed E-state index contributed by atoms with van der Waals surface area (Å²) in [6, 6.07) is 0. The first-order valence-electron chi connectivity index (χ1n) is 4.90. The molecule has 0 bridgehead atoms. The summed E-state index contributed by atoms with van der Waals surface area (Å²) in [5, 5.41) is 2.65. The smallest absolute Gasteiger partial charge is 0.272 e. The summed E-state index contributed by atoms with van der Waals surface area (Å²) < 4.78 is 26.3. The number of hydrogen-bond acceptors (Lipinski definition) is 2. The van der Waals surface area contributed by atoms with Gasteiger partial charge >= 0.3 is 0 Å². The molecule has 0 aliphatic carbocycles. The van der Waals surface area contributed by atoms with Crippen molar-refractivity contribution in [1.29, 1.82) is 0 Å². The second kappa shape index (κ2) is 6.90. The maximum absolute atomic E-state index is 13.2. The van der Waals surface area contributed by atoms with Crippen LogP contribution in [0.2, 0.25) is 0 Å². The molecular weight excluding hydrogens is 186 g/mol. The normalized spacial score (nSPS) is 12.1. The molecular formula is C10H20F2N2. The van der Waals surface area contributed by atoms with Crippen molar-refractivity contribution >= 4 is 0 Å². The van der Waals surface area contributed by atoms with Crippen LogP contribution >= 0.6 is 0 Å². The third-order valence-corrected chi connectivity index (χ3v) is 1.85. The number of rotatable bonds is 8. The van der Waals surface area contributed by atoms with Crippen LogP contribution in [-0.2, 0) is 0 Å². The molecule has 0 aromatic rings. The minimum absolute atomic E-state index is 0.201. The van der Waals surface area contributed by atoms with Gasteiger partial charge in [0.1, 0.15) is 0 Å². The maximum Gasteiger partial charge on any atom is 0.272 e. The first-order valence-corrected chi connectivity index (χ1v) is 4.90. The first kappa shape index (κ1) is 13.5. The van der Waals surface area contributed by atoms with Crippen LogP contribution in [0.15, 0.2) is 12.7 Å². The van der Waals surface area contributed by atoms with E-state index in [1.807, 2.05) is 6.92 Å². The van der Waals surface area contributed by atoms with Crippen molar-refractivity contribution in [3.8, 4) is 0 Å². The quantitative estimate of drug-likeness (QED) is 0.609. The van der Waals surface area contributed by atoms with E-state index in [-0.39, 0.29) is 13.1 Å². The van der Waals surface area contributed by atoms with Crippen LogP contribution in [-0.4, -0.2) is 44.0 Å². The van der Waals surface area contributed by atoms with Gasteiger partial charge in [-0.1, -0.05) is 13.0 Å². The summed E-state index contributed by atoms with van der Waals surface area (Å²) in [5.74, 6) is -2.65. The second-order valence-corrected chi connectivity index (χ2v) is 3.45. The molecule has 0 atom stereocenters. The zero-order valence-electron chi connectivity index (χ0n) is 9.02. The SMILES string of the molecule is C=CCCN(C)CC(F)(F)CNCC. The molecule has 0 heterocycles. The van der Waals surface area contributed by atoms with Crippen LogP contribution in [0.3, 0.4) is 0 Å². The standard InChI is InChI=1S/C10H20F2N2/c1-4-6-7-14(3)9-10(11,12)8-13-5-2/h4,13H,1,5-9H2,2-3H3. The van der Waals surface area contributed by atoms with E-state index < -0.39 is 5.92 Å². The van der Waals surface area contributed by atoms with Crippen LogP contribution in [0.4, 0.5) is 8.78 Å². The number of nitrogens with one attached hydrogen (secondary N) is 1. The van der Waals surface area contributed by atoms with E-state index in [1.165, 1.54) is 0 Å². The molecule has 0 saturated heterocycles. The predicted octanol–water partition coefficient (Wildman–Crippen LogP) is 1.74. The summed E-state index contributed by atoms with van der Waals surface area (Å²) in [6.07, 6.45) is 2.48. The Kier molecular flexibility index (Phi) is 6.66. The van der Waals surface area contributed by atoms with Crippen molar-refractivity contribution < 1.29 is 8.78 Å². The fourth-order valence-electron chi connectivity index (χ4n) is 1.15. The number of halogens is 2. The molecule has 0 aliphatic rings. The van der Waals surface area contributed by atoms with Gasteiger partial charge in [-0.3, -0.25) is 0 Å². The lowest BCUT2D eigenvalue weighted by Gasteiger charge is -2.23. The molecule has 0 aliphatic heterocycles. The van der Waals surface area contributed by atoms with Crippen LogP contribution in [0.5, 0.6) is 0 Å². The van der Waals surface area contributed by atoms with Gasteiger partial charge < -0.3 is 10.2 Å². The minimum Gasteiger partial charge on any atom is -0.311 e. The van der Waals surface area contributed by atoms with Gasteiger partial charge in [0, 0.05) is 6.54 Å². The Morgan fingerprint density at radius 3 is 2.64 bits per heavy atom. The molecule has 4 heteroatoms.